The molecule has 0 saturated heterocycles. The first-order valence-electron chi connectivity index (χ1n) is 27.5. The summed E-state index contributed by atoms with van der Waals surface area (Å²) in [4.78, 5) is 50.3. The lowest BCUT2D eigenvalue weighted by Crippen LogP contribution is -2.30. The summed E-state index contributed by atoms with van der Waals surface area (Å²) >= 11 is 0. The van der Waals surface area contributed by atoms with E-state index in [0.717, 1.165) is 60.6 Å². The first kappa shape index (κ1) is 62.1. The van der Waals surface area contributed by atoms with E-state index >= 15 is 0 Å². The molecular formula is C64H88N6O4. The third-order valence-corrected chi connectivity index (χ3v) is 12.7. The Morgan fingerprint density at radius 3 is 1.65 bits per heavy atom. The predicted molar refractivity (Wildman–Crippen MR) is 306 cm³/mol. The number of nitrogens with two attached hydrogens (primary N) is 1. The number of carboxylic acid groups (broad SMARTS) is 1. The number of likely N-dealkylation sites (N-methyl/N-ethyl adjacent to an activating group) is 1. The summed E-state index contributed by atoms with van der Waals surface area (Å²) in [6, 6.07) is 24.0. The van der Waals surface area contributed by atoms with Gasteiger partial charge in [0.05, 0.1) is 17.9 Å². The molecular weight excluding hydrogens is 917 g/mol. The fourth-order valence-electron chi connectivity index (χ4n) is 8.51. The van der Waals surface area contributed by atoms with Gasteiger partial charge in [-0.15, -0.1) is 0 Å². The first-order valence-corrected chi connectivity index (χ1v) is 27.5. The number of benzene rings is 2. The van der Waals surface area contributed by atoms with Crippen LogP contribution in [0.2, 0.25) is 0 Å². The quantitative estimate of drug-likeness (QED) is 0.0187. The summed E-state index contributed by atoms with van der Waals surface area (Å²) in [7, 11) is 1.85. The summed E-state index contributed by atoms with van der Waals surface area (Å²) in [5.41, 5.74) is 14.5. The minimum atomic E-state index is -1.02. The number of pyridine rings is 2. The molecule has 0 amide bonds. The highest BCUT2D eigenvalue weighted by molar-refractivity contribution is 5.95. The molecule has 0 unspecified atom stereocenters. The van der Waals surface area contributed by atoms with Crippen LogP contribution in [0.15, 0.2) is 97.2 Å². The van der Waals surface area contributed by atoms with Gasteiger partial charge in [0.2, 0.25) is 0 Å². The molecule has 2 heterocycles. The topological polar surface area (TPSA) is 142 Å². The zero-order valence-electron chi connectivity index (χ0n) is 46.2. The lowest BCUT2D eigenvalue weighted by molar-refractivity contribution is -0.120. The van der Waals surface area contributed by atoms with Gasteiger partial charge in [-0.2, -0.15) is 0 Å². The Labute approximate surface area is 446 Å². The SMILES string of the molecule is C=C/C=C(\N)CN(C)CC(=O)C[C@@H](C)CC(=O)c1cc(C#Cc2ccc(CCCCCCCC)cc2)cc(CNCC)n1.CCCCCCCCc1ccc(C#Cc2cc(CN(CC)CC)nc(C(=O)O)c2)cc1. The molecule has 1 atom stereocenters. The summed E-state index contributed by atoms with van der Waals surface area (Å²) in [5, 5.41) is 12.7. The van der Waals surface area contributed by atoms with Gasteiger partial charge in [-0.3, -0.25) is 19.4 Å². The van der Waals surface area contributed by atoms with Crippen molar-refractivity contribution in [2.45, 2.75) is 157 Å². The molecule has 0 fully saturated rings. The van der Waals surface area contributed by atoms with Crippen molar-refractivity contribution in [3.05, 3.63) is 153 Å². The monoisotopic (exact) mass is 1000 g/mol. The number of carboxylic acids is 1. The van der Waals surface area contributed by atoms with Crippen molar-refractivity contribution in [1.29, 1.82) is 0 Å². The van der Waals surface area contributed by atoms with Gasteiger partial charge in [0, 0.05) is 60.4 Å². The average Bonchev–Trinajstić information content (AvgIpc) is 3.38. The fourth-order valence-corrected chi connectivity index (χ4v) is 8.51. The van der Waals surface area contributed by atoms with E-state index in [2.05, 4.69) is 127 Å². The lowest BCUT2D eigenvalue weighted by atomic mass is 9.96. The Kier molecular flexibility index (Phi) is 30.8. The summed E-state index contributed by atoms with van der Waals surface area (Å²) in [6.07, 6.45) is 21.8. The summed E-state index contributed by atoms with van der Waals surface area (Å²) in [5.74, 6) is 11.7. The van der Waals surface area contributed by atoms with Gasteiger partial charge in [-0.05, 0) is 124 Å². The number of aromatic carboxylic acids is 1. The Balaban J connectivity index is 0.000000411. The zero-order chi connectivity index (χ0) is 53.9. The van der Waals surface area contributed by atoms with Crippen molar-refractivity contribution in [1.82, 2.24) is 25.1 Å². The molecule has 4 N–H and O–H groups in total. The van der Waals surface area contributed by atoms with E-state index in [1.165, 1.54) is 88.2 Å². The van der Waals surface area contributed by atoms with E-state index in [0.29, 0.717) is 43.0 Å². The van der Waals surface area contributed by atoms with E-state index < -0.39 is 5.97 Å². The van der Waals surface area contributed by atoms with Crippen LogP contribution in [-0.2, 0) is 30.7 Å². The molecule has 4 rings (SSSR count). The number of carbonyl (C=O) groups is 3. The van der Waals surface area contributed by atoms with Crippen LogP contribution < -0.4 is 11.1 Å². The highest BCUT2D eigenvalue weighted by Crippen LogP contribution is 2.17. The average molecular weight is 1010 g/mol. The number of hydrogen-bond acceptors (Lipinski definition) is 9. The van der Waals surface area contributed by atoms with Gasteiger partial charge in [0.25, 0.3) is 0 Å². The molecule has 0 saturated carbocycles. The second kappa shape index (κ2) is 36.7. The number of nitrogens with zero attached hydrogens (tertiary/aromatic N) is 4. The number of Topliss-reactive ketones (excluding diaryl/α,β-unsaturated/α-hetero) is 2. The fraction of sp³-hybridized carbons (Fsp3) is 0.484. The molecule has 0 aliphatic heterocycles. The van der Waals surface area contributed by atoms with Gasteiger partial charge in [-0.1, -0.05) is 166 Å². The van der Waals surface area contributed by atoms with E-state index in [1.807, 2.05) is 37.9 Å². The Bertz CT molecular complexity index is 2470. The highest BCUT2D eigenvalue weighted by atomic mass is 16.4. The van der Waals surface area contributed by atoms with Crippen LogP contribution >= 0.6 is 0 Å². The second-order valence-electron chi connectivity index (χ2n) is 19.6. The Morgan fingerprint density at radius 1 is 0.662 bits per heavy atom. The molecule has 0 spiro atoms. The summed E-state index contributed by atoms with van der Waals surface area (Å²) in [6.45, 7) is 20.8. The van der Waals surface area contributed by atoms with E-state index in [9.17, 15) is 19.5 Å². The van der Waals surface area contributed by atoms with Gasteiger partial charge in [0.1, 0.15) is 17.2 Å². The van der Waals surface area contributed by atoms with Gasteiger partial charge in [-0.25, -0.2) is 14.8 Å². The van der Waals surface area contributed by atoms with Gasteiger partial charge in [0.15, 0.2) is 5.78 Å². The largest absolute Gasteiger partial charge is 0.477 e. The minimum absolute atomic E-state index is 0.0447. The lowest BCUT2D eigenvalue weighted by Gasteiger charge is -2.17. The molecule has 0 bridgehead atoms. The Hall–Kier alpha value is -6.17. The third kappa shape index (κ3) is 26.2. The standard InChI is InChI=1S/C37H52N4O2.C27H36N2O2/c1-6-9-10-11-12-13-15-30-16-18-31(19-17-30)20-21-32-24-34(26-39-8-3)40-36(25-32)37(43)23-29(4)22-35(42)28-41(5)27-33(38)14-7-2;1-4-7-8-9-10-11-12-22-13-15-23(16-14-22)17-18-24-19-25(21-29(5-2)6-3)28-26(20-24)27(30)31/h7,14,16-19,24-25,29,39H,2,6,8-13,15,22-23,26-28,38H2,1,3-5H3;13-16,19-20H,4-12,21H2,1-3H3,(H,30,31)/b33-14-;/t29-;/m1./s1. The smallest absolute Gasteiger partial charge is 0.354 e. The molecule has 0 aliphatic carbocycles. The van der Waals surface area contributed by atoms with Gasteiger partial charge >= 0.3 is 5.97 Å². The maximum atomic E-state index is 13.2. The van der Waals surface area contributed by atoms with Crippen LogP contribution in [0.5, 0.6) is 0 Å². The molecule has 398 valence electrons. The molecule has 0 radical (unpaired) electrons. The number of allylic oxidation sites excluding steroid dienone is 2. The van der Waals surface area contributed by atoms with Crippen LogP contribution in [0.1, 0.15) is 197 Å². The summed E-state index contributed by atoms with van der Waals surface area (Å²) < 4.78 is 0. The van der Waals surface area contributed by atoms with E-state index in [-0.39, 0.29) is 36.1 Å². The molecule has 0 aliphatic rings. The van der Waals surface area contributed by atoms with Crippen LogP contribution in [0.4, 0.5) is 0 Å². The molecule has 10 heteroatoms. The van der Waals surface area contributed by atoms with Crippen LogP contribution in [-0.4, -0.2) is 82.2 Å². The van der Waals surface area contributed by atoms with Crippen LogP contribution in [0.3, 0.4) is 0 Å². The molecule has 2 aromatic heterocycles. The number of hydrogen-bond donors (Lipinski definition) is 3. The van der Waals surface area contributed by atoms with Crippen molar-refractivity contribution in [3.8, 4) is 23.7 Å². The molecule has 74 heavy (non-hydrogen) atoms. The van der Waals surface area contributed by atoms with E-state index in [1.54, 1.807) is 24.3 Å². The van der Waals surface area contributed by atoms with Crippen LogP contribution in [0, 0.1) is 29.6 Å². The van der Waals surface area contributed by atoms with Crippen molar-refractivity contribution >= 4 is 17.5 Å². The number of aryl methyl sites for hydroxylation is 2. The van der Waals surface area contributed by atoms with Crippen molar-refractivity contribution in [2.75, 3.05) is 39.8 Å². The van der Waals surface area contributed by atoms with Crippen molar-refractivity contribution < 1.29 is 19.5 Å². The predicted octanol–water partition coefficient (Wildman–Crippen LogP) is 12.5. The van der Waals surface area contributed by atoms with E-state index in [4.69, 9.17) is 5.73 Å². The Morgan fingerprint density at radius 2 is 1.15 bits per heavy atom. The van der Waals surface area contributed by atoms with Crippen molar-refractivity contribution in [2.24, 2.45) is 11.7 Å². The molecule has 4 aromatic rings. The van der Waals surface area contributed by atoms with Crippen molar-refractivity contribution in [3.63, 3.8) is 0 Å². The zero-order valence-corrected chi connectivity index (χ0v) is 46.2. The number of rotatable bonds is 32. The second-order valence-corrected chi connectivity index (χ2v) is 19.6. The molecule has 10 nitrogen and oxygen atoms in total. The third-order valence-electron chi connectivity index (χ3n) is 12.7. The minimum Gasteiger partial charge on any atom is -0.477 e. The normalized spacial score (nSPS) is 11.5. The first-order chi connectivity index (χ1) is 35.8. The highest BCUT2D eigenvalue weighted by Gasteiger charge is 2.18. The number of unbranched alkanes of at least 4 members (excludes halogenated alkanes) is 10. The maximum absolute atomic E-state index is 13.2. The molecule has 2 aromatic carbocycles. The number of carbonyl (C=O) groups excluding carboxylic acids is 2. The maximum Gasteiger partial charge on any atom is 0.354 e. The van der Waals surface area contributed by atoms with Gasteiger partial charge < -0.3 is 16.2 Å². The number of aromatic nitrogens is 2. The number of ketones is 2. The van der Waals surface area contributed by atoms with Crippen LogP contribution in [0.25, 0.3) is 0 Å². The number of nitrogens with one attached hydrogen (secondary N) is 1.